The molecule has 0 unspecified atom stereocenters. The summed E-state index contributed by atoms with van der Waals surface area (Å²) < 4.78 is 7.02. The molecule has 4 rings (SSSR count). The second-order valence-electron chi connectivity index (χ2n) is 6.03. The molecule has 27 heavy (non-hydrogen) atoms. The third-order valence-electron chi connectivity index (χ3n) is 4.23. The lowest BCUT2D eigenvalue weighted by molar-refractivity contribution is 0.0929. The predicted octanol–water partition coefficient (Wildman–Crippen LogP) is 4.31. The number of carbonyl (C=O) groups is 1. The number of amides is 1. The van der Waals surface area contributed by atoms with Gasteiger partial charge in [0.1, 0.15) is 21.9 Å². The van der Waals surface area contributed by atoms with Crippen LogP contribution in [0, 0.1) is 0 Å². The highest BCUT2D eigenvalue weighted by Crippen LogP contribution is 2.40. The topological polar surface area (TPSA) is 64.1 Å². The Morgan fingerprint density at radius 3 is 2.96 bits per heavy atom. The van der Waals surface area contributed by atoms with Crippen molar-refractivity contribution in [3.63, 3.8) is 0 Å². The van der Waals surface area contributed by atoms with Crippen LogP contribution in [0.4, 0.5) is 0 Å². The summed E-state index contributed by atoms with van der Waals surface area (Å²) in [6.07, 6.45) is 5.98. The van der Waals surface area contributed by atoms with E-state index in [0.29, 0.717) is 23.7 Å². The van der Waals surface area contributed by atoms with Gasteiger partial charge in [0.05, 0.1) is 6.54 Å². The van der Waals surface area contributed by atoms with Crippen LogP contribution < -0.4 is 10.1 Å². The lowest BCUT2D eigenvalue weighted by atomic mass is 10.0. The molecule has 1 N–H and O–H groups in total. The van der Waals surface area contributed by atoms with Gasteiger partial charge in [-0.2, -0.15) is 0 Å². The van der Waals surface area contributed by atoms with Gasteiger partial charge in [0.15, 0.2) is 0 Å². The number of halogens is 1. The second kappa shape index (κ2) is 7.88. The maximum Gasteiger partial charge on any atom is 0.270 e. The first-order valence-electron chi connectivity index (χ1n) is 8.31. The van der Waals surface area contributed by atoms with E-state index in [1.54, 1.807) is 17.8 Å². The van der Waals surface area contributed by atoms with E-state index in [0.717, 1.165) is 26.8 Å². The summed E-state index contributed by atoms with van der Waals surface area (Å²) >= 11 is 9.30. The summed E-state index contributed by atoms with van der Waals surface area (Å²) in [7, 11) is 0. The van der Waals surface area contributed by atoms with E-state index in [-0.39, 0.29) is 12.0 Å². The van der Waals surface area contributed by atoms with Gasteiger partial charge in [-0.3, -0.25) is 9.78 Å². The zero-order valence-corrected chi connectivity index (χ0v) is 16.8. The van der Waals surface area contributed by atoms with E-state index in [1.165, 1.54) is 23.1 Å². The monoisotopic (exact) mass is 417 g/mol. The number of nitrogens with zero attached hydrogens (tertiary/aromatic N) is 2. The zero-order chi connectivity index (χ0) is 18.8. The lowest BCUT2D eigenvalue weighted by Gasteiger charge is -2.13. The number of aromatic nitrogens is 2. The van der Waals surface area contributed by atoms with Crippen molar-refractivity contribution in [1.29, 1.82) is 0 Å². The summed E-state index contributed by atoms with van der Waals surface area (Å²) in [5, 5.41) is 5.35. The molecule has 1 aliphatic heterocycles. The van der Waals surface area contributed by atoms with Gasteiger partial charge in [0.25, 0.3) is 5.91 Å². The number of carbonyl (C=O) groups excluding carboxylic acids is 1. The molecule has 0 bridgehead atoms. The molecule has 2 aromatic heterocycles. The molecule has 0 radical (unpaired) electrons. The second-order valence-corrected chi connectivity index (χ2v) is 8.38. The molecular formula is C19H16ClN3O2S2. The average molecular weight is 418 g/mol. The molecule has 0 spiro atoms. The highest BCUT2D eigenvalue weighted by Gasteiger charge is 2.27. The molecule has 3 aromatic rings. The van der Waals surface area contributed by atoms with Crippen molar-refractivity contribution in [3.8, 4) is 16.9 Å². The molecule has 5 nitrogen and oxygen atoms in total. The molecule has 1 aliphatic rings. The number of thioether (sulfide) groups is 1. The summed E-state index contributed by atoms with van der Waals surface area (Å²) in [6.45, 7) is 0.410. The van der Waals surface area contributed by atoms with Gasteiger partial charge in [-0.05, 0) is 36.1 Å². The standard InChI is InChI=1S/C19H16ClN3O2S2/c1-26-19-23-16(10-27-19)18(24)22-9-14-7-12-6-13(20)8-15(17(12)25-14)11-2-4-21-5-3-11/h2-6,8,10,14H,7,9H2,1H3,(H,22,24)/t14-/m1/s1. The van der Waals surface area contributed by atoms with E-state index < -0.39 is 0 Å². The molecule has 0 saturated heterocycles. The number of rotatable bonds is 5. The van der Waals surface area contributed by atoms with Gasteiger partial charge < -0.3 is 10.1 Å². The van der Waals surface area contributed by atoms with Crippen LogP contribution >= 0.6 is 34.7 Å². The highest BCUT2D eigenvalue weighted by atomic mass is 35.5. The number of ether oxygens (including phenoxy) is 1. The summed E-state index contributed by atoms with van der Waals surface area (Å²) in [6, 6.07) is 7.68. The van der Waals surface area contributed by atoms with Crippen LogP contribution in [0.5, 0.6) is 5.75 Å². The summed E-state index contributed by atoms with van der Waals surface area (Å²) in [4.78, 5) is 20.6. The van der Waals surface area contributed by atoms with Gasteiger partial charge in [-0.1, -0.05) is 23.4 Å². The fraction of sp³-hybridized carbons (Fsp3) is 0.211. The lowest BCUT2D eigenvalue weighted by Crippen LogP contribution is -2.34. The number of benzene rings is 1. The first kappa shape index (κ1) is 18.3. The average Bonchev–Trinajstić information content (AvgIpc) is 3.32. The number of nitrogens with one attached hydrogen (secondary N) is 1. The van der Waals surface area contributed by atoms with Crippen molar-refractivity contribution >= 4 is 40.6 Å². The highest BCUT2D eigenvalue weighted by molar-refractivity contribution is 8.00. The van der Waals surface area contributed by atoms with Gasteiger partial charge in [-0.15, -0.1) is 11.3 Å². The fourth-order valence-electron chi connectivity index (χ4n) is 3.01. The molecule has 0 saturated carbocycles. The van der Waals surface area contributed by atoms with Gasteiger partial charge in [-0.25, -0.2) is 4.98 Å². The number of hydrogen-bond donors (Lipinski definition) is 1. The minimum atomic E-state index is -0.182. The molecule has 1 aromatic carbocycles. The van der Waals surface area contributed by atoms with E-state index in [1.807, 2.05) is 30.5 Å². The van der Waals surface area contributed by atoms with Crippen LogP contribution in [-0.2, 0) is 6.42 Å². The quantitative estimate of drug-likeness (QED) is 0.626. The molecule has 0 aliphatic carbocycles. The molecular weight excluding hydrogens is 402 g/mol. The SMILES string of the molecule is CSc1nc(C(=O)NC[C@H]2Cc3cc(Cl)cc(-c4ccncc4)c3O2)cs1. The van der Waals surface area contributed by atoms with Crippen LogP contribution in [0.15, 0.2) is 46.4 Å². The van der Waals surface area contributed by atoms with E-state index in [4.69, 9.17) is 16.3 Å². The molecule has 1 atom stereocenters. The molecule has 1 amide bonds. The van der Waals surface area contributed by atoms with E-state index >= 15 is 0 Å². The third kappa shape index (κ3) is 3.95. The zero-order valence-electron chi connectivity index (χ0n) is 14.4. The Hall–Kier alpha value is -2.09. The van der Waals surface area contributed by atoms with Crippen molar-refractivity contribution in [3.05, 3.63) is 58.3 Å². The Balaban J connectivity index is 1.47. The Labute approximate surface area is 170 Å². The Morgan fingerprint density at radius 2 is 2.22 bits per heavy atom. The molecule has 3 heterocycles. The Morgan fingerprint density at radius 1 is 1.41 bits per heavy atom. The van der Waals surface area contributed by atoms with Crippen LogP contribution in [0.2, 0.25) is 5.02 Å². The normalized spacial score (nSPS) is 15.3. The van der Waals surface area contributed by atoms with Crippen molar-refractivity contribution < 1.29 is 9.53 Å². The minimum absolute atomic E-state index is 0.137. The summed E-state index contributed by atoms with van der Waals surface area (Å²) in [5.41, 5.74) is 3.44. The maximum atomic E-state index is 12.3. The fourth-order valence-corrected chi connectivity index (χ4v) is 4.49. The summed E-state index contributed by atoms with van der Waals surface area (Å²) in [5.74, 6) is 0.640. The number of hydrogen-bond acceptors (Lipinski definition) is 6. The first-order chi connectivity index (χ1) is 13.1. The molecule has 138 valence electrons. The number of thiazole rings is 1. The maximum absolute atomic E-state index is 12.3. The van der Waals surface area contributed by atoms with Crippen LogP contribution in [0.1, 0.15) is 16.1 Å². The van der Waals surface area contributed by atoms with Crippen molar-refractivity contribution in [1.82, 2.24) is 15.3 Å². The first-order valence-corrected chi connectivity index (χ1v) is 10.8. The smallest absolute Gasteiger partial charge is 0.270 e. The molecule has 0 fully saturated rings. The third-order valence-corrected chi connectivity index (χ3v) is 6.32. The number of fused-ring (bicyclic) bond motifs is 1. The van der Waals surface area contributed by atoms with Crippen molar-refractivity contribution in [2.75, 3.05) is 12.8 Å². The van der Waals surface area contributed by atoms with Gasteiger partial charge >= 0.3 is 0 Å². The van der Waals surface area contributed by atoms with Crippen molar-refractivity contribution in [2.24, 2.45) is 0 Å². The van der Waals surface area contributed by atoms with Crippen LogP contribution in [0.3, 0.4) is 0 Å². The number of pyridine rings is 1. The van der Waals surface area contributed by atoms with Gasteiger partial charge in [0, 0.05) is 40.3 Å². The predicted molar refractivity (Wildman–Crippen MR) is 109 cm³/mol. The minimum Gasteiger partial charge on any atom is -0.487 e. The molecule has 8 heteroatoms. The van der Waals surface area contributed by atoms with E-state index in [9.17, 15) is 4.79 Å². The van der Waals surface area contributed by atoms with Gasteiger partial charge in [0.2, 0.25) is 0 Å². The van der Waals surface area contributed by atoms with E-state index in [2.05, 4.69) is 15.3 Å². The van der Waals surface area contributed by atoms with Crippen LogP contribution in [0.25, 0.3) is 11.1 Å². The Kier molecular flexibility index (Phi) is 5.33. The van der Waals surface area contributed by atoms with Crippen molar-refractivity contribution in [2.45, 2.75) is 16.9 Å². The largest absolute Gasteiger partial charge is 0.487 e. The van der Waals surface area contributed by atoms with Crippen LogP contribution in [-0.4, -0.2) is 34.8 Å². The Bertz CT molecular complexity index is 978.